The van der Waals surface area contributed by atoms with Crippen LogP contribution < -0.4 is 9.47 Å². The molecule has 1 aliphatic rings. The van der Waals surface area contributed by atoms with Gasteiger partial charge in [0.2, 0.25) is 6.79 Å². The number of hydrogen-bond donors (Lipinski definition) is 0. The average Bonchev–Trinajstić information content (AvgIpc) is 2.87. The SMILES string of the molecule is Cc1ccc(-c2cc3c(cc2C=O)OCO3)cc1C. The molecule has 96 valence electrons. The molecule has 0 aromatic heterocycles. The van der Waals surface area contributed by atoms with Crippen LogP contribution in [0.2, 0.25) is 0 Å². The summed E-state index contributed by atoms with van der Waals surface area (Å²) in [7, 11) is 0. The number of aryl methyl sites for hydroxylation is 2. The second-order valence-corrected chi connectivity index (χ2v) is 4.71. The topological polar surface area (TPSA) is 35.5 Å². The fourth-order valence-electron chi connectivity index (χ4n) is 2.21. The van der Waals surface area contributed by atoms with Crippen molar-refractivity contribution in [3.05, 3.63) is 47.0 Å². The highest BCUT2D eigenvalue weighted by Gasteiger charge is 2.17. The van der Waals surface area contributed by atoms with Crippen molar-refractivity contribution >= 4 is 6.29 Å². The Bertz CT molecular complexity index is 659. The van der Waals surface area contributed by atoms with Gasteiger partial charge in [-0.3, -0.25) is 4.79 Å². The zero-order valence-electron chi connectivity index (χ0n) is 10.9. The number of carbonyl (C=O) groups excluding carboxylic acids is 1. The number of hydrogen-bond acceptors (Lipinski definition) is 3. The molecular weight excluding hydrogens is 240 g/mol. The Hall–Kier alpha value is -2.29. The van der Waals surface area contributed by atoms with E-state index in [1.807, 2.05) is 12.1 Å². The number of fused-ring (bicyclic) bond motifs is 1. The second kappa shape index (κ2) is 4.43. The smallest absolute Gasteiger partial charge is 0.231 e. The highest BCUT2D eigenvalue weighted by atomic mass is 16.7. The molecule has 0 bridgehead atoms. The molecule has 3 rings (SSSR count). The van der Waals surface area contributed by atoms with E-state index in [-0.39, 0.29) is 6.79 Å². The monoisotopic (exact) mass is 254 g/mol. The molecule has 0 unspecified atom stereocenters. The van der Waals surface area contributed by atoms with E-state index in [4.69, 9.17) is 9.47 Å². The van der Waals surface area contributed by atoms with E-state index >= 15 is 0 Å². The van der Waals surface area contributed by atoms with Crippen molar-refractivity contribution in [2.24, 2.45) is 0 Å². The number of rotatable bonds is 2. The van der Waals surface area contributed by atoms with E-state index in [0.717, 1.165) is 17.4 Å². The Morgan fingerprint density at radius 1 is 1.00 bits per heavy atom. The Labute approximate surface area is 111 Å². The van der Waals surface area contributed by atoms with Gasteiger partial charge in [0.15, 0.2) is 17.8 Å². The van der Waals surface area contributed by atoms with Gasteiger partial charge in [0.25, 0.3) is 0 Å². The molecule has 0 aliphatic carbocycles. The predicted octanol–water partition coefficient (Wildman–Crippen LogP) is 3.51. The lowest BCUT2D eigenvalue weighted by Gasteiger charge is -2.09. The van der Waals surface area contributed by atoms with E-state index < -0.39 is 0 Å². The Balaban J connectivity index is 2.18. The first-order valence-electron chi connectivity index (χ1n) is 6.15. The second-order valence-electron chi connectivity index (χ2n) is 4.71. The first kappa shape index (κ1) is 11.8. The molecule has 19 heavy (non-hydrogen) atoms. The number of aldehydes is 1. The molecule has 0 saturated carbocycles. The summed E-state index contributed by atoms with van der Waals surface area (Å²) in [5.41, 5.74) is 4.95. The van der Waals surface area contributed by atoms with Crippen LogP contribution in [0.1, 0.15) is 21.5 Å². The quantitative estimate of drug-likeness (QED) is 0.769. The van der Waals surface area contributed by atoms with Gasteiger partial charge < -0.3 is 9.47 Å². The highest BCUT2D eigenvalue weighted by molar-refractivity contribution is 5.89. The molecule has 1 heterocycles. The number of benzene rings is 2. The Kier molecular flexibility index (Phi) is 2.75. The maximum atomic E-state index is 11.3. The van der Waals surface area contributed by atoms with Crippen LogP contribution in [0.4, 0.5) is 0 Å². The molecule has 0 N–H and O–H groups in total. The van der Waals surface area contributed by atoms with Gasteiger partial charge in [0, 0.05) is 5.56 Å². The van der Waals surface area contributed by atoms with E-state index in [2.05, 4.69) is 26.0 Å². The van der Waals surface area contributed by atoms with Gasteiger partial charge >= 0.3 is 0 Å². The summed E-state index contributed by atoms with van der Waals surface area (Å²) in [6, 6.07) is 9.77. The molecule has 0 amide bonds. The van der Waals surface area contributed by atoms with Gasteiger partial charge in [0.1, 0.15) is 0 Å². The fraction of sp³-hybridized carbons (Fsp3) is 0.188. The van der Waals surface area contributed by atoms with E-state index in [1.54, 1.807) is 6.07 Å². The number of ether oxygens (including phenoxy) is 2. The largest absolute Gasteiger partial charge is 0.454 e. The average molecular weight is 254 g/mol. The van der Waals surface area contributed by atoms with Crippen LogP contribution in [0.5, 0.6) is 11.5 Å². The zero-order chi connectivity index (χ0) is 13.4. The van der Waals surface area contributed by atoms with Crippen molar-refractivity contribution in [3.8, 4) is 22.6 Å². The van der Waals surface area contributed by atoms with E-state index in [0.29, 0.717) is 17.1 Å². The van der Waals surface area contributed by atoms with Crippen molar-refractivity contribution in [2.75, 3.05) is 6.79 Å². The minimum Gasteiger partial charge on any atom is -0.454 e. The minimum absolute atomic E-state index is 0.212. The zero-order valence-corrected chi connectivity index (χ0v) is 10.9. The third-order valence-electron chi connectivity index (χ3n) is 3.49. The molecule has 2 aromatic rings. The van der Waals surface area contributed by atoms with Crippen molar-refractivity contribution < 1.29 is 14.3 Å². The summed E-state index contributed by atoms with van der Waals surface area (Å²) < 4.78 is 10.7. The van der Waals surface area contributed by atoms with Gasteiger partial charge in [-0.25, -0.2) is 0 Å². The van der Waals surface area contributed by atoms with Gasteiger partial charge in [-0.05, 0) is 48.2 Å². The molecule has 2 aromatic carbocycles. The summed E-state index contributed by atoms with van der Waals surface area (Å²) in [4.78, 5) is 11.3. The van der Waals surface area contributed by atoms with Gasteiger partial charge in [-0.1, -0.05) is 18.2 Å². The van der Waals surface area contributed by atoms with Crippen LogP contribution in [-0.4, -0.2) is 13.1 Å². The fourth-order valence-corrected chi connectivity index (χ4v) is 2.21. The van der Waals surface area contributed by atoms with Crippen LogP contribution in [0.3, 0.4) is 0 Å². The van der Waals surface area contributed by atoms with Crippen LogP contribution in [0, 0.1) is 13.8 Å². The maximum absolute atomic E-state index is 11.3. The summed E-state index contributed by atoms with van der Waals surface area (Å²) in [6.07, 6.45) is 0.854. The molecule has 0 spiro atoms. The lowest BCUT2D eigenvalue weighted by Crippen LogP contribution is -1.92. The molecule has 0 radical (unpaired) electrons. The van der Waals surface area contributed by atoms with Crippen molar-refractivity contribution in [1.29, 1.82) is 0 Å². The molecule has 0 saturated heterocycles. The predicted molar refractivity (Wildman–Crippen MR) is 72.9 cm³/mol. The van der Waals surface area contributed by atoms with Crippen molar-refractivity contribution in [1.82, 2.24) is 0 Å². The molecule has 3 heteroatoms. The normalized spacial score (nSPS) is 12.5. The molecule has 3 nitrogen and oxygen atoms in total. The Morgan fingerprint density at radius 2 is 1.74 bits per heavy atom. The molecule has 0 fully saturated rings. The Morgan fingerprint density at radius 3 is 2.42 bits per heavy atom. The summed E-state index contributed by atoms with van der Waals surface area (Å²) >= 11 is 0. The molecular formula is C16H14O3. The minimum atomic E-state index is 0.212. The third-order valence-corrected chi connectivity index (χ3v) is 3.49. The lowest BCUT2D eigenvalue weighted by molar-refractivity contribution is 0.112. The van der Waals surface area contributed by atoms with E-state index in [1.165, 1.54) is 11.1 Å². The summed E-state index contributed by atoms with van der Waals surface area (Å²) in [5, 5.41) is 0. The van der Waals surface area contributed by atoms with Crippen LogP contribution in [-0.2, 0) is 0 Å². The maximum Gasteiger partial charge on any atom is 0.231 e. The van der Waals surface area contributed by atoms with Crippen LogP contribution in [0.25, 0.3) is 11.1 Å². The number of carbonyl (C=O) groups is 1. The van der Waals surface area contributed by atoms with E-state index in [9.17, 15) is 4.79 Å². The lowest BCUT2D eigenvalue weighted by atomic mass is 9.96. The first-order chi connectivity index (χ1) is 9.19. The van der Waals surface area contributed by atoms with Gasteiger partial charge in [0.05, 0.1) is 0 Å². The standard InChI is InChI=1S/C16H14O3/c1-10-3-4-12(5-11(10)2)14-7-16-15(18-9-19-16)6-13(14)8-17/h3-8H,9H2,1-2H3. The van der Waals surface area contributed by atoms with Crippen molar-refractivity contribution in [2.45, 2.75) is 13.8 Å². The first-order valence-corrected chi connectivity index (χ1v) is 6.15. The third kappa shape index (κ3) is 1.97. The van der Waals surface area contributed by atoms with Gasteiger partial charge in [-0.2, -0.15) is 0 Å². The highest BCUT2D eigenvalue weighted by Crippen LogP contribution is 2.38. The van der Waals surface area contributed by atoms with Crippen molar-refractivity contribution in [3.63, 3.8) is 0 Å². The summed E-state index contributed by atoms with van der Waals surface area (Å²) in [5.74, 6) is 1.33. The molecule has 0 atom stereocenters. The van der Waals surface area contributed by atoms with Crippen LogP contribution >= 0.6 is 0 Å². The van der Waals surface area contributed by atoms with Gasteiger partial charge in [-0.15, -0.1) is 0 Å². The molecule has 1 aliphatic heterocycles. The summed E-state index contributed by atoms with van der Waals surface area (Å²) in [6.45, 7) is 4.34. The van der Waals surface area contributed by atoms with Crippen LogP contribution in [0.15, 0.2) is 30.3 Å².